The monoisotopic (exact) mass is 448 g/mol. The van der Waals surface area contributed by atoms with E-state index in [1.165, 1.54) is 14.2 Å². The summed E-state index contributed by atoms with van der Waals surface area (Å²) in [6.07, 6.45) is 0. The van der Waals surface area contributed by atoms with Crippen molar-refractivity contribution in [3.8, 4) is 22.5 Å². The van der Waals surface area contributed by atoms with Gasteiger partial charge < -0.3 is 14.5 Å². The molecule has 0 saturated heterocycles. The van der Waals surface area contributed by atoms with Gasteiger partial charge in [-0.1, -0.05) is 24.3 Å². The lowest BCUT2D eigenvalue weighted by atomic mass is 10.0. The molecular weight excluding hydrogens is 432 g/mol. The molecule has 10 heteroatoms. The van der Waals surface area contributed by atoms with Gasteiger partial charge >= 0.3 is 11.9 Å². The molecule has 4 aromatic rings. The molecule has 0 aliphatic carbocycles. The highest BCUT2D eigenvalue weighted by Crippen LogP contribution is 2.30. The minimum Gasteiger partial charge on any atom is -0.465 e. The Balaban J connectivity index is 1.94. The lowest BCUT2D eigenvalue weighted by Gasteiger charge is -2.11. The first-order chi connectivity index (χ1) is 15.4. The van der Waals surface area contributed by atoms with Crippen LogP contribution in [0.15, 0.2) is 53.3 Å². The van der Waals surface area contributed by atoms with Crippen molar-refractivity contribution in [3.05, 3.63) is 74.8 Å². The number of esters is 2. The number of methoxy groups -OCH3 is 2. The van der Waals surface area contributed by atoms with Gasteiger partial charge in [-0.05, 0) is 36.5 Å². The Labute approximate surface area is 186 Å². The van der Waals surface area contributed by atoms with Crippen LogP contribution in [0.2, 0.25) is 0 Å². The molecule has 2 N–H and O–H groups in total. The van der Waals surface area contributed by atoms with Gasteiger partial charge in [0.1, 0.15) is 0 Å². The summed E-state index contributed by atoms with van der Waals surface area (Å²) in [7, 11) is 2.61. The quantitative estimate of drug-likeness (QED) is 0.360. The van der Waals surface area contributed by atoms with Crippen molar-refractivity contribution in [2.75, 3.05) is 14.2 Å². The van der Waals surface area contributed by atoms with Crippen LogP contribution in [-0.2, 0) is 9.47 Å². The zero-order valence-electron chi connectivity index (χ0n) is 17.0. The molecule has 160 valence electrons. The fourth-order valence-corrected chi connectivity index (χ4v) is 3.34. The first-order valence-electron chi connectivity index (χ1n) is 9.33. The highest BCUT2D eigenvalue weighted by molar-refractivity contribution is 7.71. The minimum atomic E-state index is -0.476. The van der Waals surface area contributed by atoms with Crippen LogP contribution in [0.1, 0.15) is 20.7 Å². The van der Waals surface area contributed by atoms with Crippen LogP contribution < -0.4 is 5.56 Å². The zero-order chi connectivity index (χ0) is 22.8. The molecule has 0 unspecified atom stereocenters. The predicted molar refractivity (Wildman–Crippen MR) is 119 cm³/mol. The molecule has 0 fully saturated rings. The molecule has 0 radical (unpaired) electrons. The highest BCUT2D eigenvalue weighted by Gasteiger charge is 2.17. The summed E-state index contributed by atoms with van der Waals surface area (Å²) in [5.41, 5.74) is 2.73. The topological polar surface area (TPSA) is 127 Å². The van der Waals surface area contributed by atoms with Gasteiger partial charge in [-0.25, -0.2) is 19.6 Å². The summed E-state index contributed by atoms with van der Waals surface area (Å²) in [5.74, 6) is -0.931. The van der Waals surface area contributed by atoms with Crippen LogP contribution in [0, 0.1) is 4.77 Å². The second-order valence-electron chi connectivity index (χ2n) is 6.66. The van der Waals surface area contributed by atoms with Crippen molar-refractivity contribution < 1.29 is 19.1 Å². The fourth-order valence-electron chi connectivity index (χ4n) is 3.15. The van der Waals surface area contributed by atoms with Crippen molar-refractivity contribution in [2.45, 2.75) is 0 Å². The maximum Gasteiger partial charge on any atom is 0.337 e. The van der Waals surface area contributed by atoms with Crippen LogP contribution >= 0.6 is 12.2 Å². The molecule has 2 aromatic carbocycles. The van der Waals surface area contributed by atoms with Gasteiger partial charge in [-0.15, -0.1) is 0 Å². The van der Waals surface area contributed by atoms with Crippen molar-refractivity contribution in [3.63, 3.8) is 0 Å². The molecule has 0 bridgehead atoms. The molecule has 0 spiro atoms. The van der Waals surface area contributed by atoms with Gasteiger partial charge in [0.2, 0.25) is 0 Å². The summed E-state index contributed by atoms with van der Waals surface area (Å²) < 4.78 is 9.60. The molecule has 4 rings (SSSR count). The summed E-state index contributed by atoms with van der Waals surface area (Å²) in [4.78, 5) is 50.4. The summed E-state index contributed by atoms with van der Waals surface area (Å²) in [6.45, 7) is 0. The first-order valence-corrected chi connectivity index (χ1v) is 9.74. The van der Waals surface area contributed by atoms with E-state index in [0.29, 0.717) is 33.6 Å². The van der Waals surface area contributed by atoms with E-state index in [1.54, 1.807) is 48.5 Å². The standard InChI is InChI=1S/C22H16N4O5S/c1-30-20(28)13-7-3-11(4-8-13)15-16(12-5-9-14(10-6-12)21(29)31-2)24-18-17(23-15)19(27)26-22(32)25-18/h3-10H,1-2H3,(H2,24,25,26,27,32). The van der Waals surface area contributed by atoms with Gasteiger partial charge in [0, 0.05) is 11.1 Å². The van der Waals surface area contributed by atoms with Crippen molar-refractivity contribution in [1.29, 1.82) is 0 Å². The van der Waals surface area contributed by atoms with Gasteiger partial charge in [0.15, 0.2) is 15.9 Å². The van der Waals surface area contributed by atoms with E-state index in [0.717, 1.165) is 0 Å². The van der Waals surface area contributed by atoms with E-state index in [2.05, 4.69) is 19.9 Å². The zero-order valence-corrected chi connectivity index (χ0v) is 17.8. The molecule has 2 heterocycles. The molecule has 0 amide bonds. The van der Waals surface area contributed by atoms with E-state index in [4.69, 9.17) is 21.7 Å². The molecule has 0 aliphatic heterocycles. The summed E-state index contributed by atoms with van der Waals surface area (Å²) in [5, 5.41) is 0. The number of aromatic amines is 2. The van der Waals surface area contributed by atoms with Crippen LogP contribution in [0.3, 0.4) is 0 Å². The maximum atomic E-state index is 12.4. The maximum absolute atomic E-state index is 12.4. The number of ether oxygens (including phenoxy) is 2. The number of carbonyl (C=O) groups excluding carboxylic acids is 2. The molecule has 0 atom stereocenters. The van der Waals surface area contributed by atoms with Crippen LogP contribution in [0.5, 0.6) is 0 Å². The van der Waals surface area contributed by atoms with Crippen LogP contribution in [0.4, 0.5) is 0 Å². The average Bonchev–Trinajstić information content (AvgIpc) is 2.82. The second kappa shape index (κ2) is 8.52. The van der Waals surface area contributed by atoms with E-state index in [1.807, 2.05) is 0 Å². The van der Waals surface area contributed by atoms with Gasteiger partial charge in [0.25, 0.3) is 5.56 Å². The second-order valence-corrected chi connectivity index (χ2v) is 7.07. The van der Waals surface area contributed by atoms with E-state index in [9.17, 15) is 14.4 Å². The SMILES string of the molecule is COC(=O)c1ccc(-c2nc3[nH]c(=S)[nH]c(=O)c3nc2-c2ccc(C(=O)OC)cc2)cc1. The number of hydrogen-bond acceptors (Lipinski definition) is 8. The van der Waals surface area contributed by atoms with E-state index < -0.39 is 17.5 Å². The number of aromatic nitrogens is 4. The third-order valence-electron chi connectivity index (χ3n) is 4.73. The Bertz CT molecular complexity index is 1460. The number of H-pyrrole nitrogens is 2. The smallest absolute Gasteiger partial charge is 0.337 e. The van der Waals surface area contributed by atoms with Crippen molar-refractivity contribution >= 4 is 35.3 Å². The normalized spacial score (nSPS) is 10.7. The minimum absolute atomic E-state index is 0.0839. The molecule has 2 aromatic heterocycles. The Kier molecular flexibility index (Phi) is 5.61. The Morgan fingerprint density at radius 1 is 0.781 bits per heavy atom. The number of nitrogens with zero attached hydrogens (tertiary/aromatic N) is 2. The number of hydrogen-bond donors (Lipinski definition) is 2. The third kappa shape index (κ3) is 3.91. The lowest BCUT2D eigenvalue weighted by molar-refractivity contribution is 0.0592. The Hall–Kier alpha value is -4.18. The Morgan fingerprint density at radius 2 is 1.25 bits per heavy atom. The van der Waals surface area contributed by atoms with Crippen LogP contribution in [0.25, 0.3) is 33.7 Å². The molecule has 0 aliphatic rings. The van der Waals surface area contributed by atoms with Gasteiger partial charge in [0.05, 0.1) is 36.7 Å². The van der Waals surface area contributed by atoms with Gasteiger partial charge in [-0.2, -0.15) is 0 Å². The van der Waals surface area contributed by atoms with E-state index in [-0.39, 0.29) is 15.9 Å². The van der Waals surface area contributed by atoms with Crippen molar-refractivity contribution in [2.24, 2.45) is 0 Å². The number of fused-ring (bicyclic) bond motifs is 1. The lowest BCUT2D eigenvalue weighted by Crippen LogP contribution is -2.12. The number of rotatable bonds is 4. The number of benzene rings is 2. The average molecular weight is 448 g/mol. The first kappa shape index (κ1) is 21.1. The predicted octanol–water partition coefficient (Wildman–Crippen LogP) is 3.28. The molecule has 32 heavy (non-hydrogen) atoms. The summed E-state index contributed by atoms with van der Waals surface area (Å²) >= 11 is 5.05. The van der Waals surface area contributed by atoms with Gasteiger partial charge in [-0.3, -0.25) is 9.78 Å². The van der Waals surface area contributed by atoms with E-state index >= 15 is 0 Å². The number of carbonyl (C=O) groups is 2. The van der Waals surface area contributed by atoms with Crippen LogP contribution in [-0.4, -0.2) is 46.1 Å². The third-order valence-corrected chi connectivity index (χ3v) is 4.93. The Morgan fingerprint density at radius 3 is 1.72 bits per heavy atom. The summed E-state index contributed by atoms with van der Waals surface area (Å²) in [6, 6.07) is 13.2. The molecule has 9 nitrogen and oxygen atoms in total. The molecular formula is C22H16N4O5S. The largest absolute Gasteiger partial charge is 0.465 e. The highest BCUT2D eigenvalue weighted by atomic mass is 32.1. The fraction of sp³-hybridized carbons (Fsp3) is 0.0909. The number of nitrogens with one attached hydrogen (secondary N) is 2. The van der Waals surface area contributed by atoms with Crippen molar-refractivity contribution in [1.82, 2.24) is 19.9 Å². The molecule has 0 saturated carbocycles.